The number of fused-ring (bicyclic) bond motifs is 1. The molecule has 4 N–H and O–H groups in total. The Morgan fingerprint density at radius 2 is 1.83 bits per heavy atom. The zero-order valence-corrected chi connectivity index (χ0v) is 17.9. The van der Waals surface area contributed by atoms with E-state index in [1.165, 1.54) is 5.56 Å². The van der Waals surface area contributed by atoms with Gasteiger partial charge < -0.3 is 15.9 Å². The maximum Gasteiger partial charge on any atom is 0.193 e. The number of anilines is 2. The lowest BCUT2D eigenvalue weighted by atomic mass is 10.00. The maximum atomic E-state index is 6.46. The summed E-state index contributed by atoms with van der Waals surface area (Å²) in [6.45, 7) is 13.4. The van der Waals surface area contributed by atoms with Crippen LogP contribution in [0.2, 0.25) is 18.1 Å². The van der Waals surface area contributed by atoms with E-state index >= 15 is 0 Å². The Labute approximate surface area is 154 Å². The molecule has 1 unspecified atom stereocenters. The molecule has 1 heterocycles. The topological polar surface area (TPSA) is 74.2 Å². The van der Waals surface area contributed by atoms with Crippen molar-refractivity contribution in [3.8, 4) is 0 Å². The summed E-state index contributed by atoms with van der Waals surface area (Å²) in [5, 5.41) is 1.03. The third-order valence-electron chi connectivity index (χ3n) is 5.10. The minimum atomic E-state index is -1.83. The van der Waals surface area contributed by atoms with Crippen molar-refractivity contribution in [3.63, 3.8) is 0 Å². The van der Waals surface area contributed by atoms with Crippen LogP contribution in [0.15, 0.2) is 24.4 Å². The number of hydrogen-bond acceptors (Lipinski definition) is 4. The van der Waals surface area contributed by atoms with Crippen LogP contribution in [0.3, 0.4) is 0 Å². The van der Waals surface area contributed by atoms with Crippen LogP contribution in [0.4, 0.5) is 11.4 Å². The van der Waals surface area contributed by atoms with Crippen molar-refractivity contribution in [1.29, 1.82) is 0 Å². The van der Waals surface area contributed by atoms with E-state index in [1.807, 2.05) is 6.07 Å². The summed E-state index contributed by atoms with van der Waals surface area (Å²) in [5.74, 6) is 0.198. The SMILES string of the molecule is C[C@@H](c1ccc2c(N)c(N)cnc2c1)C(Br)O[Si](C)(C)C(C)(C)C. The number of alkyl halides is 1. The van der Waals surface area contributed by atoms with Gasteiger partial charge in [0.15, 0.2) is 8.32 Å². The Bertz CT molecular complexity index is 743. The maximum absolute atomic E-state index is 6.46. The summed E-state index contributed by atoms with van der Waals surface area (Å²) >= 11 is 3.75. The molecule has 2 rings (SSSR count). The number of pyridine rings is 1. The molecule has 4 nitrogen and oxygen atoms in total. The molecule has 0 bridgehead atoms. The first-order valence-electron chi connectivity index (χ1n) is 8.19. The zero-order valence-electron chi connectivity index (χ0n) is 15.4. The Balaban J connectivity index is 2.28. The number of rotatable bonds is 4. The predicted molar refractivity (Wildman–Crippen MR) is 110 cm³/mol. The van der Waals surface area contributed by atoms with Crippen molar-refractivity contribution < 1.29 is 4.43 Å². The van der Waals surface area contributed by atoms with E-state index in [0.29, 0.717) is 11.4 Å². The van der Waals surface area contributed by atoms with Crippen molar-refractivity contribution in [2.75, 3.05) is 11.5 Å². The van der Waals surface area contributed by atoms with Gasteiger partial charge in [-0.05, 0) is 29.8 Å². The normalized spacial score (nSPS) is 15.5. The summed E-state index contributed by atoms with van der Waals surface area (Å²) in [7, 11) is -1.83. The predicted octanol–water partition coefficient (Wildman–Crippen LogP) is 5.25. The number of nitrogens with zero attached hydrogens (tertiary/aromatic N) is 1. The molecule has 0 aliphatic carbocycles. The molecule has 0 fully saturated rings. The molecule has 0 aliphatic rings. The molecular formula is C18H28BrN3OSi. The van der Waals surface area contributed by atoms with Crippen LogP contribution in [-0.4, -0.2) is 18.3 Å². The molecule has 24 heavy (non-hydrogen) atoms. The lowest BCUT2D eigenvalue weighted by Crippen LogP contribution is -2.43. The summed E-state index contributed by atoms with van der Waals surface area (Å²) in [4.78, 5) is 4.41. The number of aromatic nitrogens is 1. The van der Waals surface area contributed by atoms with Crippen LogP contribution in [0.1, 0.15) is 39.2 Å². The van der Waals surface area contributed by atoms with E-state index in [9.17, 15) is 0 Å². The fraction of sp³-hybridized carbons (Fsp3) is 0.500. The molecule has 1 aromatic carbocycles. The number of halogens is 1. The molecule has 2 atom stereocenters. The Morgan fingerprint density at radius 3 is 2.42 bits per heavy atom. The number of hydrogen-bond donors (Lipinski definition) is 2. The quantitative estimate of drug-likeness (QED) is 0.534. The smallest absolute Gasteiger partial charge is 0.193 e. The molecule has 2 aromatic rings. The highest BCUT2D eigenvalue weighted by atomic mass is 79.9. The molecule has 132 valence electrons. The van der Waals surface area contributed by atoms with Crippen molar-refractivity contribution in [3.05, 3.63) is 30.0 Å². The standard InChI is InChI=1S/C18H28BrN3OSi/c1-11(17(19)23-24(5,6)18(2,3)4)12-7-8-13-15(9-12)22-10-14(20)16(13)21/h7-11,17H,20H2,1-6H3,(H2,21,22)/t11-,17?/m0/s1. The summed E-state index contributed by atoms with van der Waals surface area (Å²) in [6, 6.07) is 6.14. The average Bonchev–Trinajstić information content (AvgIpc) is 2.48. The van der Waals surface area contributed by atoms with Gasteiger partial charge in [-0.1, -0.05) is 55.8 Å². The van der Waals surface area contributed by atoms with Gasteiger partial charge in [-0.25, -0.2) is 0 Å². The second kappa shape index (κ2) is 6.65. The largest absolute Gasteiger partial charge is 0.404 e. The molecule has 0 radical (unpaired) electrons. The fourth-order valence-corrected chi connectivity index (χ4v) is 5.07. The van der Waals surface area contributed by atoms with Gasteiger partial charge >= 0.3 is 0 Å². The summed E-state index contributed by atoms with van der Waals surface area (Å²) in [5.41, 5.74) is 15.0. The lowest BCUT2D eigenvalue weighted by Gasteiger charge is -2.39. The van der Waals surface area contributed by atoms with E-state index in [4.69, 9.17) is 15.9 Å². The van der Waals surface area contributed by atoms with E-state index in [0.717, 1.165) is 10.9 Å². The number of nitrogen functional groups attached to an aromatic ring is 2. The first-order chi connectivity index (χ1) is 10.9. The van der Waals surface area contributed by atoms with Gasteiger partial charge in [0, 0.05) is 11.3 Å². The third-order valence-corrected chi connectivity index (χ3v) is 10.9. The summed E-state index contributed by atoms with van der Waals surface area (Å²) < 4.78 is 6.46. The molecular weight excluding hydrogens is 382 g/mol. The van der Waals surface area contributed by atoms with Crippen LogP contribution in [0.25, 0.3) is 10.9 Å². The first-order valence-corrected chi connectivity index (χ1v) is 12.0. The monoisotopic (exact) mass is 409 g/mol. The Kier molecular flexibility index (Phi) is 5.33. The van der Waals surface area contributed by atoms with Crippen molar-refractivity contribution in [2.24, 2.45) is 0 Å². The van der Waals surface area contributed by atoms with Crippen LogP contribution in [0, 0.1) is 0 Å². The minimum absolute atomic E-state index is 0.0398. The highest BCUT2D eigenvalue weighted by Gasteiger charge is 2.39. The highest BCUT2D eigenvalue weighted by molar-refractivity contribution is 9.09. The van der Waals surface area contributed by atoms with Crippen molar-refractivity contribution in [1.82, 2.24) is 4.98 Å². The summed E-state index contributed by atoms with van der Waals surface area (Å²) in [6.07, 6.45) is 1.61. The third kappa shape index (κ3) is 3.76. The number of benzene rings is 1. The van der Waals surface area contributed by atoms with E-state index in [-0.39, 0.29) is 16.0 Å². The van der Waals surface area contributed by atoms with Gasteiger partial charge in [0.25, 0.3) is 0 Å². The van der Waals surface area contributed by atoms with Gasteiger partial charge in [-0.2, -0.15) is 0 Å². The zero-order chi connectivity index (χ0) is 18.3. The minimum Gasteiger partial charge on any atom is -0.404 e. The van der Waals surface area contributed by atoms with Crippen LogP contribution in [-0.2, 0) is 4.43 Å². The Morgan fingerprint density at radius 1 is 1.21 bits per heavy atom. The van der Waals surface area contributed by atoms with Crippen molar-refractivity contribution in [2.45, 2.75) is 56.8 Å². The van der Waals surface area contributed by atoms with Crippen LogP contribution >= 0.6 is 15.9 Å². The fourth-order valence-electron chi connectivity index (χ4n) is 2.24. The van der Waals surface area contributed by atoms with E-state index in [2.05, 4.69) is 73.8 Å². The van der Waals surface area contributed by atoms with E-state index < -0.39 is 8.32 Å². The molecule has 6 heteroatoms. The molecule has 0 saturated carbocycles. The average molecular weight is 410 g/mol. The van der Waals surface area contributed by atoms with Crippen LogP contribution < -0.4 is 11.5 Å². The van der Waals surface area contributed by atoms with Gasteiger partial charge in [-0.3, -0.25) is 4.98 Å². The van der Waals surface area contributed by atoms with Gasteiger partial charge in [0.1, 0.15) is 5.01 Å². The van der Waals surface area contributed by atoms with Crippen molar-refractivity contribution >= 4 is 46.5 Å². The Hall–Kier alpha value is -1.11. The van der Waals surface area contributed by atoms with E-state index in [1.54, 1.807) is 6.20 Å². The molecule has 0 amide bonds. The van der Waals surface area contributed by atoms with Gasteiger partial charge in [0.05, 0.1) is 23.1 Å². The van der Waals surface area contributed by atoms with Crippen LogP contribution in [0.5, 0.6) is 0 Å². The number of nitrogens with two attached hydrogens (primary N) is 2. The second-order valence-electron chi connectivity index (χ2n) is 7.92. The lowest BCUT2D eigenvalue weighted by molar-refractivity contribution is 0.243. The molecule has 1 aromatic heterocycles. The van der Waals surface area contributed by atoms with Gasteiger partial charge in [-0.15, -0.1) is 0 Å². The molecule has 0 aliphatic heterocycles. The molecule has 0 saturated heterocycles. The first kappa shape index (κ1) is 19.2. The second-order valence-corrected chi connectivity index (χ2v) is 13.6. The van der Waals surface area contributed by atoms with Gasteiger partial charge in [0.2, 0.25) is 0 Å². The molecule has 0 spiro atoms. The highest BCUT2D eigenvalue weighted by Crippen LogP contribution is 2.40.